The van der Waals surface area contributed by atoms with E-state index in [1.807, 2.05) is 48.5 Å². The lowest BCUT2D eigenvalue weighted by Crippen LogP contribution is -2.20. The smallest absolute Gasteiger partial charge is 0.262 e. The Labute approximate surface area is 208 Å². The van der Waals surface area contributed by atoms with Crippen molar-refractivity contribution in [2.75, 3.05) is 17.2 Å². The first-order valence-corrected chi connectivity index (χ1v) is 12.0. The van der Waals surface area contributed by atoms with E-state index in [4.69, 9.17) is 4.74 Å². The molecule has 35 heavy (non-hydrogen) atoms. The monoisotopic (exact) mass is 472 g/mol. The summed E-state index contributed by atoms with van der Waals surface area (Å²) in [5.41, 5.74) is 4.30. The molecule has 0 radical (unpaired) electrons. The number of carbonyl (C=O) groups excluding carboxylic acids is 2. The summed E-state index contributed by atoms with van der Waals surface area (Å²) in [6, 6.07) is 22.5. The maximum absolute atomic E-state index is 12.7. The van der Waals surface area contributed by atoms with Crippen LogP contribution in [0.2, 0.25) is 0 Å². The van der Waals surface area contributed by atoms with Crippen molar-refractivity contribution in [2.24, 2.45) is 0 Å². The molecule has 0 spiro atoms. The lowest BCUT2D eigenvalue weighted by Gasteiger charge is -2.23. The molecule has 0 fully saturated rings. The molecule has 5 nitrogen and oxygen atoms in total. The van der Waals surface area contributed by atoms with Crippen LogP contribution in [-0.2, 0) is 15.6 Å². The van der Waals surface area contributed by atoms with Crippen LogP contribution in [0.5, 0.6) is 5.75 Å². The maximum Gasteiger partial charge on any atom is 0.262 e. The fourth-order valence-corrected chi connectivity index (χ4v) is 3.55. The molecule has 0 atom stereocenters. The Hall–Kier alpha value is -3.60. The van der Waals surface area contributed by atoms with Gasteiger partial charge in [0.05, 0.1) is 0 Å². The maximum atomic E-state index is 12.7. The van der Waals surface area contributed by atoms with Gasteiger partial charge in [0.2, 0.25) is 0 Å². The largest absolute Gasteiger partial charge is 0.484 e. The van der Waals surface area contributed by atoms with E-state index < -0.39 is 0 Å². The van der Waals surface area contributed by atoms with Crippen molar-refractivity contribution < 1.29 is 14.3 Å². The lowest BCUT2D eigenvalue weighted by atomic mass is 9.82. The average Bonchev–Trinajstić information content (AvgIpc) is 2.83. The second kappa shape index (κ2) is 10.8. The standard InChI is InChI=1S/C30H36N2O3/c1-7-30(5,6)23-15-17-26(18-16-23)35-20-27(33)31-24-9-8-10-25(19-24)32-28(34)21-11-13-22(14-12-21)29(2,3)4/h8-19H,7,20H2,1-6H3,(H,31,33)(H,32,34). The normalized spacial score (nSPS) is 11.6. The number of rotatable bonds is 8. The molecule has 0 aliphatic carbocycles. The number of benzene rings is 3. The number of hydrogen-bond acceptors (Lipinski definition) is 3. The molecule has 3 rings (SSSR count). The Morgan fingerprint density at radius 1 is 0.771 bits per heavy atom. The van der Waals surface area contributed by atoms with Crippen molar-refractivity contribution in [1.82, 2.24) is 0 Å². The Balaban J connectivity index is 1.55. The van der Waals surface area contributed by atoms with Gasteiger partial charge >= 0.3 is 0 Å². The highest BCUT2D eigenvalue weighted by atomic mass is 16.5. The molecule has 0 unspecified atom stereocenters. The fourth-order valence-electron chi connectivity index (χ4n) is 3.55. The van der Waals surface area contributed by atoms with Gasteiger partial charge in [-0.3, -0.25) is 9.59 Å². The first-order valence-electron chi connectivity index (χ1n) is 12.0. The van der Waals surface area contributed by atoms with Crippen LogP contribution >= 0.6 is 0 Å². The summed E-state index contributed by atoms with van der Waals surface area (Å²) >= 11 is 0. The van der Waals surface area contributed by atoms with Gasteiger partial charge in [0.1, 0.15) is 5.75 Å². The van der Waals surface area contributed by atoms with Gasteiger partial charge < -0.3 is 15.4 Å². The van der Waals surface area contributed by atoms with Gasteiger partial charge in [-0.25, -0.2) is 0 Å². The van der Waals surface area contributed by atoms with Gasteiger partial charge in [0.25, 0.3) is 11.8 Å². The highest BCUT2D eigenvalue weighted by molar-refractivity contribution is 6.04. The van der Waals surface area contributed by atoms with E-state index >= 15 is 0 Å². The van der Waals surface area contributed by atoms with Crippen molar-refractivity contribution in [3.63, 3.8) is 0 Å². The quantitative estimate of drug-likeness (QED) is 0.373. The topological polar surface area (TPSA) is 67.4 Å². The molecular weight excluding hydrogens is 436 g/mol. The summed E-state index contributed by atoms with van der Waals surface area (Å²) < 4.78 is 5.65. The van der Waals surface area contributed by atoms with Crippen LogP contribution in [0.1, 0.15) is 69.4 Å². The van der Waals surface area contributed by atoms with Crippen molar-refractivity contribution in [2.45, 2.75) is 58.8 Å². The molecular formula is C30H36N2O3. The zero-order valence-corrected chi connectivity index (χ0v) is 21.6. The van der Waals surface area contributed by atoms with Crippen LogP contribution in [0, 0.1) is 0 Å². The molecule has 0 saturated heterocycles. The number of amides is 2. The molecule has 2 amide bonds. The molecule has 0 aromatic heterocycles. The van der Waals surface area contributed by atoms with E-state index in [-0.39, 0.29) is 29.3 Å². The molecule has 2 N–H and O–H groups in total. The Kier molecular flexibility index (Phi) is 8.00. The van der Waals surface area contributed by atoms with Gasteiger partial charge in [0.15, 0.2) is 6.61 Å². The molecule has 0 heterocycles. The second-order valence-corrected chi connectivity index (χ2v) is 10.5. The van der Waals surface area contributed by atoms with E-state index in [1.54, 1.807) is 24.3 Å². The first kappa shape index (κ1) is 26.0. The van der Waals surface area contributed by atoms with E-state index in [1.165, 1.54) is 11.1 Å². The Morgan fingerprint density at radius 2 is 1.34 bits per heavy atom. The SMILES string of the molecule is CCC(C)(C)c1ccc(OCC(=O)Nc2cccc(NC(=O)c3ccc(C(C)(C)C)cc3)c2)cc1. The highest BCUT2D eigenvalue weighted by Gasteiger charge is 2.18. The highest BCUT2D eigenvalue weighted by Crippen LogP contribution is 2.28. The van der Waals surface area contributed by atoms with Crippen LogP contribution in [0.25, 0.3) is 0 Å². The molecule has 0 saturated carbocycles. The number of carbonyl (C=O) groups is 2. The molecule has 0 aliphatic heterocycles. The van der Waals surface area contributed by atoms with Crippen molar-refractivity contribution in [1.29, 1.82) is 0 Å². The molecule has 0 aliphatic rings. The van der Waals surface area contributed by atoms with Gasteiger partial charge in [-0.2, -0.15) is 0 Å². The number of anilines is 2. The van der Waals surface area contributed by atoms with Crippen LogP contribution in [0.15, 0.2) is 72.8 Å². The van der Waals surface area contributed by atoms with Crippen molar-refractivity contribution >= 4 is 23.2 Å². The summed E-state index contributed by atoms with van der Waals surface area (Å²) in [4.78, 5) is 25.1. The number of ether oxygens (including phenoxy) is 1. The summed E-state index contributed by atoms with van der Waals surface area (Å²) in [7, 11) is 0. The molecule has 3 aromatic rings. The van der Waals surface area contributed by atoms with Crippen LogP contribution in [0.3, 0.4) is 0 Å². The van der Waals surface area contributed by atoms with Crippen molar-refractivity contribution in [3.8, 4) is 5.75 Å². The number of hydrogen-bond donors (Lipinski definition) is 2. The minimum atomic E-state index is -0.274. The number of nitrogens with one attached hydrogen (secondary N) is 2. The van der Waals surface area contributed by atoms with E-state index in [0.29, 0.717) is 22.7 Å². The molecule has 3 aromatic carbocycles. The predicted octanol–water partition coefficient (Wildman–Crippen LogP) is 6.94. The average molecular weight is 473 g/mol. The van der Waals surface area contributed by atoms with Crippen LogP contribution in [0.4, 0.5) is 11.4 Å². The van der Waals surface area contributed by atoms with Gasteiger partial charge in [0, 0.05) is 16.9 Å². The molecule has 5 heteroatoms. The zero-order valence-electron chi connectivity index (χ0n) is 21.6. The van der Waals surface area contributed by atoms with E-state index in [2.05, 4.69) is 52.2 Å². The van der Waals surface area contributed by atoms with Gasteiger partial charge in [-0.1, -0.05) is 71.9 Å². The fraction of sp³-hybridized carbons (Fsp3) is 0.333. The Morgan fingerprint density at radius 3 is 1.91 bits per heavy atom. The molecule has 184 valence electrons. The summed E-state index contributed by atoms with van der Waals surface area (Å²) in [6.07, 6.45) is 1.04. The van der Waals surface area contributed by atoms with Crippen LogP contribution < -0.4 is 15.4 Å². The Bertz CT molecular complexity index is 1160. The van der Waals surface area contributed by atoms with Gasteiger partial charge in [-0.05, 0) is 70.8 Å². The van der Waals surface area contributed by atoms with E-state index in [9.17, 15) is 9.59 Å². The zero-order chi connectivity index (χ0) is 25.6. The van der Waals surface area contributed by atoms with Gasteiger partial charge in [-0.15, -0.1) is 0 Å². The minimum absolute atomic E-state index is 0.0285. The lowest BCUT2D eigenvalue weighted by molar-refractivity contribution is -0.118. The third-order valence-corrected chi connectivity index (χ3v) is 6.31. The predicted molar refractivity (Wildman–Crippen MR) is 143 cm³/mol. The third kappa shape index (κ3) is 7.19. The summed E-state index contributed by atoms with van der Waals surface area (Å²) in [6.45, 7) is 12.9. The van der Waals surface area contributed by atoms with Crippen LogP contribution in [-0.4, -0.2) is 18.4 Å². The molecule has 0 bridgehead atoms. The van der Waals surface area contributed by atoms with E-state index in [0.717, 1.165) is 6.42 Å². The minimum Gasteiger partial charge on any atom is -0.484 e. The third-order valence-electron chi connectivity index (χ3n) is 6.31. The summed E-state index contributed by atoms with van der Waals surface area (Å²) in [5, 5.41) is 5.71. The van der Waals surface area contributed by atoms with Crippen molar-refractivity contribution in [3.05, 3.63) is 89.5 Å². The summed E-state index contributed by atoms with van der Waals surface area (Å²) in [5.74, 6) is 0.172. The second-order valence-electron chi connectivity index (χ2n) is 10.5. The first-order chi connectivity index (χ1) is 16.5.